The van der Waals surface area contributed by atoms with Gasteiger partial charge in [-0.25, -0.2) is 4.98 Å². The molecule has 4 nitrogen and oxygen atoms in total. The van der Waals surface area contributed by atoms with E-state index < -0.39 is 0 Å². The third kappa shape index (κ3) is 2.52. The van der Waals surface area contributed by atoms with Crippen LogP contribution in [-0.4, -0.2) is 14.5 Å². The van der Waals surface area contributed by atoms with E-state index in [1.807, 2.05) is 0 Å². The van der Waals surface area contributed by atoms with Crippen LogP contribution in [0.3, 0.4) is 0 Å². The van der Waals surface area contributed by atoms with E-state index in [0.29, 0.717) is 5.82 Å². The van der Waals surface area contributed by atoms with E-state index in [1.54, 1.807) is 12.4 Å². The molecule has 118 valence electrons. The minimum absolute atomic E-state index is 0.456. The number of hydrogen-bond donors (Lipinski definition) is 1. The summed E-state index contributed by atoms with van der Waals surface area (Å²) >= 11 is 0. The Morgan fingerprint density at radius 1 is 0.958 bits per heavy atom. The lowest BCUT2D eigenvalue weighted by molar-refractivity contribution is 0.805. The molecule has 0 saturated carbocycles. The average Bonchev–Trinajstić information content (AvgIpc) is 2.92. The molecule has 0 unspecified atom stereocenters. The number of nitrogens with two attached hydrogens (primary N) is 1. The minimum atomic E-state index is 0.456. The molecule has 0 saturated heterocycles. The lowest BCUT2D eigenvalue weighted by Gasteiger charge is -2.10. The first-order valence-corrected chi connectivity index (χ1v) is 7.93. The van der Waals surface area contributed by atoms with Crippen LogP contribution in [0.25, 0.3) is 22.2 Å². The van der Waals surface area contributed by atoms with Crippen LogP contribution in [0, 0.1) is 6.92 Å². The molecule has 0 amide bonds. The van der Waals surface area contributed by atoms with Crippen LogP contribution >= 0.6 is 0 Å². The number of para-hydroxylation sites is 1. The van der Waals surface area contributed by atoms with Gasteiger partial charge in [-0.3, -0.25) is 4.98 Å². The minimum Gasteiger partial charge on any atom is -0.382 e. The van der Waals surface area contributed by atoms with Gasteiger partial charge in [-0.05, 0) is 30.0 Å². The third-order valence-corrected chi connectivity index (χ3v) is 4.31. The van der Waals surface area contributed by atoms with Crippen molar-refractivity contribution in [1.82, 2.24) is 14.5 Å². The molecule has 0 atom stereocenters. The first-order valence-electron chi connectivity index (χ1n) is 7.93. The molecule has 2 N–H and O–H groups in total. The van der Waals surface area contributed by atoms with Gasteiger partial charge in [-0.15, -0.1) is 0 Å². The summed E-state index contributed by atoms with van der Waals surface area (Å²) in [7, 11) is 0. The van der Waals surface area contributed by atoms with Crippen LogP contribution in [0.15, 0.2) is 67.0 Å². The molecule has 0 spiro atoms. The second-order valence-corrected chi connectivity index (χ2v) is 5.92. The van der Waals surface area contributed by atoms with Crippen LogP contribution in [0.4, 0.5) is 5.82 Å². The maximum Gasteiger partial charge on any atom is 0.149 e. The molecule has 24 heavy (non-hydrogen) atoms. The maximum absolute atomic E-state index is 5.90. The fourth-order valence-corrected chi connectivity index (χ4v) is 3.08. The quantitative estimate of drug-likeness (QED) is 0.621. The number of aryl methyl sites for hydroxylation is 1. The summed E-state index contributed by atoms with van der Waals surface area (Å²) in [5.74, 6) is 0.456. The predicted octanol–water partition coefficient (Wildman–Crippen LogP) is 4.04. The van der Waals surface area contributed by atoms with E-state index in [1.165, 1.54) is 22.2 Å². The Bertz CT molecular complexity index is 1000. The van der Waals surface area contributed by atoms with Gasteiger partial charge in [0, 0.05) is 35.7 Å². The van der Waals surface area contributed by atoms with Crippen molar-refractivity contribution < 1.29 is 0 Å². The highest BCUT2D eigenvalue weighted by Gasteiger charge is 2.07. The van der Waals surface area contributed by atoms with Crippen molar-refractivity contribution in [2.24, 2.45) is 0 Å². The van der Waals surface area contributed by atoms with Crippen molar-refractivity contribution in [3.05, 3.63) is 78.2 Å². The molecule has 0 bridgehead atoms. The summed E-state index contributed by atoms with van der Waals surface area (Å²) in [5.41, 5.74) is 11.4. The van der Waals surface area contributed by atoms with Crippen LogP contribution in [-0.2, 0) is 6.54 Å². The fourth-order valence-electron chi connectivity index (χ4n) is 3.08. The Kier molecular flexibility index (Phi) is 3.50. The number of anilines is 1. The standard InChI is InChI=1S/C20H18N4/c1-14-12-17-4-2-3-5-18(17)24(14)13-15-6-8-16(9-7-15)19-20(21)23-11-10-22-19/h2-12H,13H2,1H3,(H2,21,23). The molecule has 2 aromatic carbocycles. The number of rotatable bonds is 3. The lowest BCUT2D eigenvalue weighted by atomic mass is 10.1. The largest absolute Gasteiger partial charge is 0.382 e. The van der Waals surface area contributed by atoms with Crippen molar-refractivity contribution in [2.75, 3.05) is 5.73 Å². The highest BCUT2D eigenvalue weighted by Crippen LogP contribution is 2.24. The van der Waals surface area contributed by atoms with Crippen molar-refractivity contribution in [1.29, 1.82) is 0 Å². The normalized spacial score (nSPS) is 11.0. The molecular weight excluding hydrogens is 296 g/mol. The summed E-state index contributed by atoms with van der Waals surface area (Å²) in [5, 5.41) is 1.28. The van der Waals surface area contributed by atoms with E-state index >= 15 is 0 Å². The van der Waals surface area contributed by atoms with Crippen molar-refractivity contribution in [3.8, 4) is 11.3 Å². The number of hydrogen-bond acceptors (Lipinski definition) is 3. The smallest absolute Gasteiger partial charge is 0.149 e. The van der Waals surface area contributed by atoms with Gasteiger partial charge < -0.3 is 10.3 Å². The number of nitrogen functional groups attached to an aromatic ring is 1. The molecule has 2 heterocycles. The predicted molar refractivity (Wildman–Crippen MR) is 97.7 cm³/mol. The number of aromatic nitrogens is 3. The lowest BCUT2D eigenvalue weighted by Crippen LogP contribution is -2.01. The molecule has 0 aliphatic heterocycles. The molecule has 0 aliphatic rings. The molecular formula is C20H18N4. The summed E-state index contributed by atoms with van der Waals surface area (Å²) in [4.78, 5) is 8.41. The van der Waals surface area contributed by atoms with E-state index in [9.17, 15) is 0 Å². The molecule has 0 fully saturated rings. The molecule has 0 aliphatic carbocycles. The zero-order valence-corrected chi connectivity index (χ0v) is 13.5. The monoisotopic (exact) mass is 314 g/mol. The van der Waals surface area contributed by atoms with E-state index in [-0.39, 0.29) is 0 Å². The summed E-state index contributed by atoms with van der Waals surface area (Å²) < 4.78 is 2.33. The molecule has 2 aromatic heterocycles. The molecule has 4 heteroatoms. The Morgan fingerprint density at radius 3 is 2.50 bits per heavy atom. The van der Waals surface area contributed by atoms with E-state index in [0.717, 1.165) is 17.8 Å². The second-order valence-electron chi connectivity index (χ2n) is 5.92. The van der Waals surface area contributed by atoms with Gasteiger partial charge in [0.25, 0.3) is 0 Å². The van der Waals surface area contributed by atoms with Gasteiger partial charge in [0.2, 0.25) is 0 Å². The second kappa shape index (κ2) is 5.81. The molecule has 0 radical (unpaired) electrons. The van der Waals surface area contributed by atoms with Crippen LogP contribution < -0.4 is 5.73 Å². The van der Waals surface area contributed by atoms with E-state index in [4.69, 9.17) is 5.73 Å². The maximum atomic E-state index is 5.90. The topological polar surface area (TPSA) is 56.7 Å². The average molecular weight is 314 g/mol. The van der Waals surface area contributed by atoms with Crippen LogP contribution in [0.2, 0.25) is 0 Å². The first kappa shape index (κ1) is 14.5. The highest BCUT2D eigenvalue weighted by atomic mass is 15.0. The Balaban J connectivity index is 1.66. The highest BCUT2D eigenvalue weighted by molar-refractivity contribution is 5.81. The number of fused-ring (bicyclic) bond motifs is 1. The Labute approximate surface area is 140 Å². The molecule has 4 aromatic rings. The van der Waals surface area contributed by atoms with Gasteiger partial charge in [0.15, 0.2) is 0 Å². The van der Waals surface area contributed by atoms with Gasteiger partial charge in [0.05, 0.1) is 0 Å². The van der Waals surface area contributed by atoms with E-state index in [2.05, 4.69) is 76.1 Å². The molecule has 4 rings (SSSR count). The Morgan fingerprint density at radius 2 is 1.71 bits per heavy atom. The van der Waals surface area contributed by atoms with Crippen molar-refractivity contribution in [3.63, 3.8) is 0 Å². The van der Waals surface area contributed by atoms with Gasteiger partial charge in [-0.2, -0.15) is 0 Å². The third-order valence-electron chi connectivity index (χ3n) is 4.31. The van der Waals surface area contributed by atoms with Crippen LogP contribution in [0.5, 0.6) is 0 Å². The summed E-state index contributed by atoms with van der Waals surface area (Å²) in [6, 6.07) is 19.0. The van der Waals surface area contributed by atoms with Crippen molar-refractivity contribution >= 4 is 16.7 Å². The van der Waals surface area contributed by atoms with Gasteiger partial charge in [0.1, 0.15) is 11.5 Å². The zero-order valence-electron chi connectivity index (χ0n) is 13.5. The van der Waals surface area contributed by atoms with Gasteiger partial charge >= 0.3 is 0 Å². The van der Waals surface area contributed by atoms with Crippen molar-refractivity contribution in [2.45, 2.75) is 13.5 Å². The number of benzene rings is 2. The number of nitrogens with zero attached hydrogens (tertiary/aromatic N) is 3. The SMILES string of the molecule is Cc1cc2ccccc2n1Cc1ccc(-c2nccnc2N)cc1. The van der Waals surface area contributed by atoms with Gasteiger partial charge in [-0.1, -0.05) is 42.5 Å². The van der Waals surface area contributed by atoms with Crippen LogP contribution in [0.1, 0.15) is 11.3 Å². The summed E-state index contributed by atoms with van der Waals surface area (Å²) in [6.07, 6.45) is 3.27. The zero-order chi connectivity index (χ0) is 16.5. The summed E-state index contributed by atoms with van der Waals surface area (Å²) in [6.45, 7) is 2.99. The first-order chi connectivity index (χ1) is 11.7. The fraction of sp³-hybridized carbons (Fsp3) is 0.100. The Hall–Kier alpha value is -3.14.